The van der Waals surface area contributed by atoms with E-state index in [4.69, 9.17) is 4.74 Å². The summed E-state index contributed by atoms with van der Waals surface area (Å²) >= 11 is 0. The maximum absolute atomic E-state index is 13.0. The van der Waals surface area contributed by atoms with Crippen LogP contribution in [0.3, 0.4) is 0 Å². The molecule has 9 heteroatoms. The van der Waals surface area contributed by atoms with E-state index in [1.165, 1.54) is 0 Å². The van der Waals surface area contributed by atoms with Gasteiger partial charge in [0.15, 0.2) is 0 Å². The van der Waals surface area contributed by atoms with E-state index in [2.05, 4.69) is 16.0 Å². The second kappa shape index (κ2) is 9.54. The lowest BCUT2D eigenvalue weighted by molar-refractivity contribution is -0.145. The molecule has 0 aromatic carbocycles. The number of carbonyl (C=O) groups is 4. The Morgan fingerprint density at radius 2 is 1.97 bits per heavy atom. The number of amides is 5. The van der Waals surface area contributed by atoms with Crippen molar-refractivity contribution in [3.05, 3.63) is 0 Å². The van der Waals surface area contributed by atoms with Gasteiger partial charge in [0.1, 0.15) is 6.04 Å². The zero-order valence-corrected chi connectivity index (χ0v) is 18.2. The first kappa shape index (κ1) is 22.0. The Kier molecular flexibility index (Phi) is 6.79. The lowest BCUT2D eigenvalue weighted by atomic mass is 9.75. The van der Waals surface area contributed by atoms with Crippen molar-refractivity contribution >= 4 is 23.8 Å². The number of ether oxygens (including phenoxy) is 1. The highest BCUT2D eigenvalue weighted by atomic mass is 16.5. The lowest BCUT2D eigenvalue weighted by Gasteiger charge is -2.31. The SMILES string of the molecule is COC1CCCC(NC(=O)NCC2CCC3CN(C4CCC(=O)NC4=O)C(=O)C3C2)C1. The van der Waals surface area contributed by atoms with Gasteiger partial charge < -0.3 is 20.3 Å². The molecule has 0 bridgehead atoms. The summed E-state index contributed by atoms with van der Waals surface area (Å²) in [5, 5.41) is 8.41. The molecule has 3 N–H and O–H groups in total. The van der Waals surface area contributed by atoms with Crippen LogP contribution < -0.4 is 16.0 Å². The van der Waals surface area contributed by atoms with Crippen LogP contribution >= 0.6 is 0 Å². The molecule has 2 saturated carbocycles. The number of nitrogens with one attached hydrogen (secondary N) is 3. The molecule has 2 heterocycles. The van der Waals surface area contributed by atoms with E-state index in [1.54, 1.807) is 12.0 Å². The molecule has 0 aromatic heterocycles. The Balaban J connectivity index is 1.24. The van der Waals surface area contributed by atoms with Gasteiger partial charge in [-0.3, -0.25) is 19.7 Å². The van der Waals surface area contributed by atoms with Gasteiger partial charge in [-0.15, -0.1) is 0 Å². The maximum Gasteiger partial charge on any atom is 0.315 e. The van der Waals surface area contributed by atoms with Crippen molar-refractivity contribution in [2.24, 2.45) is 17.8 Å². The number of fused-ring (bicyclic) bond motifs is 1. The fourth-order valence-corrected chi connectivity index (χ4v) is 5.81. The molecule has 2 aliphatic heterocycles. The van der Waals surface area contributed by atoms with Gasteiger partial charge in [-0.05, 0) is 63.2 Å². The summed E-state index contributed by atoms with van der Waals surface area (Å²) in [7, 11) is 1.72. The van der Waals surface area contributed by atoms with Gasteiger partial charge in [0.05, 0.1) is 6.10 Å². The Hall–Kier alpha value is -2.16. The van der Waals surface area contributed by atoms with Crippen molar-refractivity contribution < 1.29 is 23.9 Å². The predicted molar refractivity (Wildman–Crippen MR) is 112 cm³/mol. The number of urea groups is 1. The molecule has 172 valence electrons. The van der Waals surface area contributed by atoms with Gasteiger partial charge in [0.2, 0.25) is 17.7 Å². The number of carbonyl (C=O) groups excluding carboxylic acids is 4. The average Bonchev–Trinajstić information content (AvgIpc) is 3.08. The van der Waals surface area contributed by atoms with E-state index in [0.29, 0.717) is 19.5 Å². The third-order valence-corrected chi connectivity index (χ3v) is 7.57. The van der Waals surface area contributed by atoms with Gasteiger partial charge in [-0.1, -0.05) is 0 Å². The highest BCUT2D eigenvalue weighted by Crippen LogP contribution is 2.41. The summed E-state index contributed by atoms with van der Waals surface area (Å²) in [6, 6.07) is -0.524. The number of hydrogen-bond donors (Lipinski definition) is 3. The summed E-state index contributed by atoms with van der Waals surface area (Å²) in [6.07, 6.45) is 7.46. The number of likely N-dealkylation sites (tertiary alicyclic amines) is 1. The van der Waals surface area contributed by atoms with Gasteiger partial charge >= 0.3 is 6.03 Å². The van der Waals surface area contributed by atoms with Crippen LogP contribution in [0.15, 0.2) is 0 Å². The van der Waals surface area contributed by atoms with Crippen molar-refractivity contribution in [1.29, 1.82) is 0 Å². The van der Waals surface area contributed by atoms with E-state index in [9.17, 15) is 19.2 Å². The molecule has 9 nitrogen and oxygen atoms in total. The van der Waals surface area contributed by atoms with Gasteiger partial charge in [-0.25, -0.2) is 4.79 Å². The molecule has 0 radical (unpaired) electrons. The van der Waals surface area contributed by atoms with Crippen LogP contribution in [0.25, 0.3) is 0 Å². The van der Waals surface area contributed by atoms with Crippen LogP contribution in [0.5, 0.6) is 0 Å². The van der Waals surface area contributed by atoms with Crippen LogP contribution in [0, 0.1) is 17.8 Å². The minimum atomic E-state index is -0.524. The fraction of sp³-hybridized carbons (Fsp3) is 0.818. The molecule has 4 rings (SSSR count). The summed E-state index contributed by atoms with van der Waals surface area (Å²) in [4.78, 5) is 50.7. The second-order valence-corrected chi connectivity index (χ2v) is 9.58. The Bertz CT molecular complexity index is 729. The smallest absolute Gasteiger partial charge is 0.315 e. The monoisotopic (exact) mass is 434 g/mol. The van der Waals surface area contributed by atoms with Crippen molar-refractivity contribution in [1.82, 2.24) is 20.9 Å². The topological polar surface area (TPSA) is 117 Å². The molecule has 2 saturated heterocycles. The molecule has 4 fully saturated rings. The third-order valence-electron chi connectivity index (χ3n) is 7.57. The molecule has 0 aromatic rings. The summed E-state index contributed by atoms with van der Waals surface area (Å²) in [6.45, 7) is 1.15. The van der Waals surface area contributed by atoms with Crippen molar-refractivity contribution in [2.45, 2.75) is 76.0 Å². The molecule has 6 atom stereocenters. The zero-order chi connectivity index (χ0) is 22.0. The van der Waals surface area contributed by atoms with E-state index in [-0.39, 0.29) is 60.1 Å². The highest BCUT2D eigenvalue weighted by Gasteiger charge is 2.48. The Morgan fingerprint density at radius 3 is 2.74 bits per heavy atom. The van der Waals surface area contributed by atoms with Crippen molar-refractivity contribution in [3.8, 4) is 0 Å². The summed E-state index contributed by atoms with van der Waals surface area (Å²) < 4.78 is 5.42. The van der Waals surface area contributed by atoms with Crippen molar-refractivity contribution in [2.75, 3.05) is 20.2 Å². The first-order valence-corrected chi connectivity index (χ1v) is 11.7. The summed E-state index contributed by atoms with van der Waals surface area (Å²) in [5.41, 5.74) is 0. The molecule has 6 unspecified atom stereocenters. The molecule has 4 aliphatic rings. The number of hydrogen-bond acceptors (Lipinski definition) is 5. The third kappa shape index (κ3) is 5.02. The minimum Gasteiger partial charge on any atom is -0.381 e. The van der Waals surface area contributed by atoms with Crippen LogP contribution in [0.1, 0.15) is 57.8 Å². The molecule has 31 heavy (non-hydrogen) atoms. The van der Waals surface area contributed by atoms with Crippen molar-refractivity contribution in [3.63, 3.8) is 0 Å². The lowest BCUT2D eigenvalue weighted by Crippen LogP contribution is -2.53. The maximum atomic E-state index is 13.0. The Labute approximate surface area is 183 Å². The highest BCUT2D eigenvalue weighted by molar-refractivity contribution is 6.02. The largest absolute Gasteiger partial charge is 0.381 e. The average molecular weight is 435 g/mol. The zero-order valence-electron chi connectivity index (χ0n) is 18.2. The molecule has 2 aliphatic carbocycles. The van der Waals surface area contributed by atoms with Gasteiger partial charge in [0, 0.05) is 38.6 Å². The fourth-order valence-electron chi connectivity index (χ4n) is 5.81. The molecular formula is C22H34N4O5. The van der Waals surface area contributed by atoms with E-state index in [0.717, 1.165) is 44.9 Å². The van der Waals surface area contributed by atoms with Crippen LogP contribution in [0.4, 0.5) is 4.79 Å². The number of piperidine rings is 1. The number of imide groups is 1. The van der Waals surface area contributed by atoms with Crippen LogP contribution in [0.2, 0.25) is 0 Å². The first-order valence-electron chi connectivity index (χ1n) is 11.7. The van der Waals surface area contributed by atoms with Crippen LogP contribution in [-0.4, -0.2) is 67.0 Å². The second-order valence-electron chi connectivity index (χ2n) is 9.58. The number of methoxy groups -OCH3 is 1. The molecular weight excluding hydrogens is 400 g/mol. The van der Waals surface area contributed by atoms with Gasteiger partial charge in [-0.2, -0.15) is 0 Å². The van der Waals surface area contributed by atoms with E-state index >= 15 is 0 Å². The minimum absolute atomic E-state index is 0.0291. The number of rotatable bonds is 5. The van der Waals surface area contributed by atoms with Gasteiger partial charge in [0.25, 0.3) is 0 Å². The Morgan fingerprint density at radius 1 is 1.13 bits per heavy atom. The predicted octanol–water partition coefficient (Wildman–Crippen LogP) is 0.923. The normalized spacial score (nSPS) is 36.0. The van der Waals surface area contributed by atoms with E-state index in [1.807, 2.05) is 0 Å². The number of nitrogens with zero attached hydrogens (tertiary/aromatic N) is 1. The standard InChI is InChI=1S/C22H34N4O5/c1-31-16-4-2-3-15(10-16)24-22(30)23-11-13-5-6-14-12-26(21(29)17(14)9-13)18-7-8-19(27)25-20(18)28/h13-18H,2-12H2,1H3,(H2,23,24,30)(H,25,27,28). The first-order chi connectivity index (χ1) is 14.9. The summed E-state index contributed by atoms with van der Waals surface area (Å²) in [5.74, 6) is -0.152. The van der Waals surface area contributed by atoms with E-state index < -0.39 is 6.04 Å². The quantitative estimate of drug-likeness (QED) is 0.557. The molecule has 0 spiro atoms. The molecule has 5 amide bonds. The van der Waals surface area contributed by atoms with Crippen LogP contribution in [-0.2, 0) is 19.1 Å².